The fourth-order valence-corrected chi connectivity index (χ4v) is 8.26. The Kier molecular flexibility index (Phi) is 5.23. The van der Waals surface area contributed by atoms with Gasteiger partial charge >= 0.3 is 0 Å². The van der Waals surface area contributed by atoms with E-state index in [0.717, 1.165) is 0 Å². The number of ketones is 1. The first-order valence-electron chi connectivity index (χ1n) is 8.82. The molecule has 4 heteroatoms. The molecule has 0 spiro atoms. The molecule has 1 atom stereocenters. The van der Waals surface area contributed by atoms with E-state index in [1.54, 1.807) is 0 Å². The summed E-state index contributed by atoms with van der Waals surface area (Å²) < 4.78 is 12.4. The molecule has 0 aliphatic carbocycles. The number of rotatable bonds is 5. The van der Waals surface area contributed by atoms with Crippen LogP contribution in [-0.4, -0.2) is 33.4 Å². The predicted octanol–water partition coefficient (Wildman–Crippen LogP) is 2.92. The molecule has 25 heavy (non-hydrogen) atoms. The van der Waals surface area contributed by atoms with Crippen LogP contribution in [0.2, 0.25) is 5.04 Å². The monoisotopic (exact) mass is 354 g/mol. The van der Waals surface area contributed by atoms with Gasteiger partial charge in [-0.3, -0.25) is 4.79 Å². The topological polar surface area (TPSA) is 35.5 Å². The molecule has 0 aromatic heterocycles. The highest BCUT2D eigenvalue weighted by atomic mass is 28.4. The van der Waals surface area contributed by atoms with Gasteiger partial charge in [0.2, 0.25) is 0 Å². The van der Waals surface area contributed by atoms with E-state index in [0.29, 0.717) is 13.0 Å². The highest BCUT2D eigenvalue weighted by Crippen LogP contribution is 2.37. The molecular formula is C21H26O3Si. The molecule has 0 radical (unpaired) electrons. The zero-order valence-corrected chi connectivity index (χ0v) is 16.2. The van der Waals surface area contributed by atoms with Gasteiger partial charge in [-0.2, -0.15) is 0 Å². The van der Waals surface area contributed by atoms with Crippen LogP contribution >= 0.6 is 0 Å². The quantitative estimate of drug-likeness (QED) is 0.775. The number of hydrogen-bond acceptors (Lipinski definition) is 3. The van der Waals surface area contributed by atoms with Crippen LogP contribution in [0.25, 0.3) is 0 Å². The van der Waals surface area contributed by atoms with Crippen molar-refractivity contribution >= 4 is 24.5 Å². The van der Waals surface area contributed by atoms with Crippen molar-refractivity contribution in [2.24, 2.45) is 0 Å². The summed E-state index contributed by atoms with van der Waals surface area (Å²) in [5.74, 6) is 0.163. The average Bonchev–Trinajstić information content (AvgIpc) is 3.02. The molecule has 1 saturated heterocycles. The van der Waals surface area contributed by atoms with Crippen molar-refractivity contribution in [2.45, 2.75) is 38.3 Å². The second-order valence-electron chi connectivity index (χ2n) is 7.65. The minimum Gasteiger partial charge on any atom is -0.405 e. The fraction of sp³-hybridized carbons (Fsp3) is 0.381. The van der Waals surface area contributed by atoms with Crippen LogP contribution in [0.5, 0.6) is 0 Å². The number of hydrogen-bond donors (Lipinski definition) is 0. The number of carbonyl (C=O) groups is 1. The molecule has 0 bridgehead atoms. The summed E-state index contributed by atoms with van der Waals surface area (Å²) in [5, 5.41) is 2.44. The van der Waals surface area contributed by atoms with Crippen LogP contribution in [0, 0.1) is 0 Å². The average molecular weight is 355 g/mol. The first kappa shape index (κ1) is 18.1. The lowest BCUT2D eigenvalue weighted by molar-refractivity contribution is -0.117. The summed E-state index contributed by atoms with van der Waals surface area (Å²) >= 11 is 0. The van der Waals surface area contributed by atoms with Crippen LogP contribution < -0.4 is 10.4 Å². The van der Waals surface area contributed by atoms with Gasteiger partial charge in [0, 0.05) is 6.42 Å². The Balaban J connectivity index is 2.04. The van der Waals surface area contributed by atoms with E-state index >= 15 is 0 Å². The summed E-state index contributed by atoms with van der Waals surface area (Å²) in [7, 11) is -2.53. The van der Waals surface area contributed by atoms with Crippen LogP contribution in [0.15, 0.2) is 60.7 Å². The molecule has 0 saturated carbocycles. The van der Waals surface area contributed by atoms with E-state index in [4.69, 9.17) is 9.16 Å². The zero-order valence-electron chi connectivity index (χ0n) is 15.2. The SMILES string of the molecule is CC(C)(C)[Si](OC[C@@H]1CC(=O)CO1)(c1ccccc1)c1ccccc1. The summed E-state index contributed by atoms with van der Waals surface area (Å²) in [6, 6.07) is 21.1. The molecule has 1 heterocycles. The van der Waals surface area contributed by atoms with Crippen LogP contribution in [0.1, 0.15) is 27.2 Å². The third-order valence-electron chi connectivity index (χ3n) is 4.84. The Hall–Kier alpha value is -1.75. The molecule has 1 aliphatic rings. The van der Waals surface area contributed by atoms with Gasteiger partial charge in [-0.15, -0.1) is 0 Å². The first-order chi connectivity index (χ1) is 11.9. The normalized spacial score (nSPS) is 18.5. The Bertz CT molecular complexity index is 667. The van der Waals surface area contributed by atoms with Gasteiger partial charge in [0.15, 0.2) is 5.78 Å². The largest absolute Gasteiger partial charge is 0.405 e. The third-order valence-corrected chi connectivity index (χ3v) is 9.84. The predicted molar refractivity (Wildman–Crippen MR) is 103 cm³/mol. The van der Waals surface area contributed by atoms with Gasteiger partial charge in [0.1, 0.15) is 6.61 Å². The zero-order chi connectivity index (χ0) is 17.9. The summed E-state index contributed by atoms with van der Waals surface area (Å²) in [6.07, 6.45) is 0.326. The summed E-state index contributed by atoms with van der Waals surface area (Å²) in [5.41, 5.74) is 0. The second-order valence-corrected chi connectivity index (χ2v) is 12.0. The van der Waals surface area contributed by atoms with Crippen LogP contribution in [-0.2, 0) is 14.0 Å². The smallest absolute Gasteiger partial charge is 0.261 e. The van der Waals surface area contributed by atoms with Crippen molar-refractivity contribution in [3.63, 3.8) is 0 Å². The summed E-state index contributed by atoms with van der Waals surface area (Å²) in [6.45, 7) is 7.42. The van der Waals surface area contributed by atoms with E-state index in [2.05, 4.69) is 69.3 Å². The minimum absolute atomic E-state index is 0.0572. The maximum atomic E-state index is 11.5. The molecule has 3 rings (SSSR count). The molecule has 2 aromatic rings. The van der Waals surface area contributed by atoms with Crippen molar-refractivity contribution in [1.82, 2.24) is 0 Å². The van der Waals surface area contributed by atoms with E-state index in [1.807, 2.05) is 12.1 Å². The van der Waals surface area contributed by atoms with Crippen LogP contribution in [0.4, 0.5) is 0 Å². The van der Waals surface area contributed by atoms with E-state index in [1.165, 1.54) is 10.4 Å². The molecule has 132 valence electrons. The molecule has 3 nitrogen and oxygen atoms in total. The van der Waals surface area contributed by atoms with Crippen molar-refractivity contribution in [3.8, 4) is 0 Å². The lowest BCUT2D eigenvalue weighted by Gasteiger charge is -2.43. The highest BCUT2D eigenvalue weighted by molar-refractivity contribution is 6.99. The lowest BCUT2D eigenvalue weighted by atomic mass is 10.2. The maximum Gasteiger partial charge on any atom is 0.261 e. The Morgan fingerprint density at radius 3 is 1.92 bits per heavy atom. The van der Waals surface area contributed by atoms with E-state index < -0.39 is 8.32 Å². The van der Waals surface area contributed by atoms with Crippen molar-refractivity contribution in [3.05, 3.63) is 60.7 Å². The van der Waals surface area contributed by atoms with Gasteiger partial charge < -0.3 is 9.16 Å². The molecule has 2 aromatic carbocycles. The number of Topliss-reactive ketones (excluding diaryl/α,β-unsaturated/α-hetero) is 1. The molecule has 0 amide bonds. The number of benzene rings is 2. The second kappa shape index (κ2) is 7.24. The Labute approximate surface area is 151 Å². The van der Waals surface area contributed by atoms with Crippen molar-refractivity contribution < 1.29 is 14.0 Å². The fourth-order valence-electron chi connectivity index (χ4n) is 3.67. The van der Waals surface area contributed by atoms with E-state index in [-0.39, 0.29) is 23.5 Å². The lowest BCUT2D eigenvalue weighted by Crippen LogP contribution is -2.67. The minimum atomic E-state index is -2.53. The molecule has 0 unspecified atom stereocenters. The third kappa shape index (κ3) is 3.61. The van der Waals surface area contributed by atoms with Gasteiger partial charge in [0.25, 0.3) is 8.32 Å². The van der Waals surface area contributed by atoms with E-state index in [9.17, 15) is 4.79 Å². The highest BCUT2D eigenvalue weighted by Gasteiger charge is 2.50. The van der Waals surface area contributed by atoms with Crippen molar-refractivity contribution in [1.29, 1.82) is 0 Å². The van der Waals surface area contributed by atoms with Crippen LogP contribution in [0.3, 0.4) is 0 Å². The number of ether oxygens (including phenoxy) is 1. The Morgan fingerprint density at radius 1 is 1.00 bits per heavy atom. The molecular weight excluding hydrogens is 328 g/mol. The van der Waals surface area contributed by atoms with Gasteiger partial charge in [-0.05, 0) is 15.4 Å². The Morgan fingerprint density at radius 2 is 1.52 bits per heavy atom. The van der Waals surface area contributed by atoms with Gasteiger partial charge in [-0.25, -0.2) is 0 Å². The van der Waals surface area contributed by atoms with Crippen molar-refractivity contribution in [2.75, 3.05) is 13.2 Å². The standard InChI is InChI=1S/C21H26O3Si/c1-21(2,3)25(19-10-6-4-7-11-19,20-12-8-5-9-13-20)24-16-18-14-17(22)15-23-18/h4-13,18H,14-16H2,1-3H3/t18-/m0/s1. The molecule has 0 N–H and O–H groups in total. The molecule has 1 fully saturated rings. The van der Waals surface area contributed by atoms with Gasteiger partial charge in [-0.1, -0.05) is 81.4 Å². The maximum absolute atomic E-state index is 11.5. The molecule has 1 aliphatic heterocycles. The number of carbonyl (C=O) groups excluding carboxylic acids is 1. The summed E-state index contributed by atoms with van der Waals surface area (Å²) in [4.78, 5) is 11.5. The van der Waals surface area contributed by atoms with Gasteiger partial charge in [0.05, 0.1) is 12.7 Å². The first-order valence-corrected chi connectivity index (χ1v) is 10.7.